The lowest BCUT2D eigenvalue weighted by Crippen LogP contribution is -2.59. The van der Waals surface area contributed by atoms with Crippen LogP contribution >= 0.6 is 11.6 Å². The van der Waals surface area contributed by atoms with Crippen molar-refractivity contribution < 1.29 is 14.3 Å². The molecule has 124 valence electrons. The van der Waals surface area contributed by atoms with Gasteiger partial charge in [0.2, 0.25) is 5.72 Å². The Morgan fingerprint density at radius 2 is 1.84 bits per heavy atom. The highest BCUT2D eigenvalue weighted by molar-refractivity contribution is 6.44. The highest BCUT2D eigenvalue weighted by atomic mass is 35.5. The molecule has 2 amide bonds. The Balaban J connectivity index is 1.86. The number of rotatable bonds is 1. The number of likely N-dealkylation sites (N-methyl/N-ethyl adjacent to an activating group) is 1. The smallest absolute Gasteiger partial charge is 0.295 e. The van der Waals surface area contributed by atoms with Gasteiger partial charge in [-0.15, -0.1) is 0 Å². The van der Waals surface area contributed by atoms with E-state index in [-0.39, 0.29) is 0 Å². The highest BCUT2D eigenvalue weighted by Gasteiger charge is 2.67. The lowest BCUT2D eigenvalue weighted by atomic mass is 9.92. The number of aliphatic imine (C=N–C) groups is 1. The molecule has 5 rings (SSSR count). The molecule has 0 radical (unpaired) electrons. The van der Waals surface area contributed by atoms with Gasteiger partial charge in [-0.2, -0.15) is 0 Å². The van der Waals surface area contributed by atoms with Crippen LogP contribution in [0.2, 0.25) is 5.02 Å². The van der Waals surface area contributed by atoms with Crippen molar-refractivity contribution in [2.75, 3.05) is 11.9 Å². The average Bonchev–Trinajstić information content (AvgIpc) is 3.08. The van der Waals surface area contributed by atoms with E-state index in [1.54, 1.807) is 18.2 Å². The van der Waals surface area contributed by atoms with E-state index in [1.165, 1.54) is 23.1 Å². The predicted octanol–water partition coefficient (Wildman–Crippen LogP) is 2.11. The summed E-state index contributed by atoms with van der Waals surface area (Å²) in [5.41, 5.74) is 0.843. The molecule has 0 N–H and O–H groups in total. The maximum absolute atomic E-state index is 12.6. The van der Waals surface area contributed by atoms with Crippen LogP contribution < -0.4 is 4.90 Å². The van der Waals surface area contributed by atoms with Crippen LogP contribution in [0.25, 0.3) is 0 Å². The van der Waals surface area contributed by atoms with Crippen molar-refractivity contribution in [3.8, 4) is 0 Å². The summed E-state index contributed by atoms with van der Waals surface area (Å²) in [4.78, 5) is 32.2. The molecule has 3 aliphatic heterocycles. The van der Waals surface area contributed by atoms with Crippen molar-refractivity contribution in [2.45, 2.75) is 11.6 Å². The van der Waals surface area contributed by atoms with Crippen molar-refractivity contribution in [2.24, 2.45) is 4.99 Å². The molecule has 1 saturated heterocycles. The molecule has 2 aromatic rings. The van der Waals surface area contributed by atoms with E-state index in [1.807, 2.05) is 30.3 Å². The van der Waals surface area contributed by atoms with E-state index in [0.29, 0.717) is 16.3 Å². The van der Waals surface area contributed by atoms with E-state index in [2.05, 4.69) is 4.99 Å². The molecule has 2 atom stereocenters. The number of anilines is 1. The predicted molar refractivity (Wildman–Crippen MR) is 91.2 cm³/mol. The SMILES string of the molecule is CN1C(=O)C(=O)N2c3ccc(Cl)cc3[C@@]3(c4ccccc4)N=C[C@@]12O3. The van der Waals surface area contributed by atoms with E-state index in [9.17, 15) is 9.59 Å². The Kier molecular flexibility index (Phi) is 2.62. The molecular formula is C18H12ClN3O3. The van der Waals surface area contributed by atoms with Crippen molar-refractivity contribution in [1.29, 1.82) is 0 Å². The lowest BCUT2D eigenvalue weighted by Gasteiger charge is -2.44. The first-order chi connectivity index (χ1) is 12.0. The van der Waals surface area contributed by atoms with Gasteiger partial charge in [0.1, 0.15) is 0 Å². The molecule has 2 aromatic carbocycles. The number of carbonyl (C=O) groups excluding carboxylic acids is 2. The molecule has 3 heterocycles. The molecule has 7 heteroatoms. The van der Waals surface area contributed by atoms with Crippen LogP contribution in [0.1, 0.15) is 11.1 Å². The topological polar surface area (TPSA) is 62.2 Å². The van der Waals surface area contributed by atoms with Crippen molar-refractivity contribution in [3.05, 3.63) is 64.7 Å². The second-order valence-electron chi connectivity index (χ2n) is 6.20. The summed E-state index contributed by atoms with van der Waals surface area (Å²) in [6.07, 6.45) is 1.52. The molecule has 1 fully saturated rings. The zero-order valence-corrected chi connectivity index (χ0v) is 13.9. The molecule has 0 aromatic heterocycles. The van der Waals surface area contributed by atoms with Gasteiger partial charge in [0.05, 0.1) is 11.9 Å². The van der Waals surface area contributed by atoms with Gasteiger partial charge in [0.25, 0.3) is 5.85 Å². The van der Waals surface area contributed by atoms with E-state index in [0.717, 1.165) is 5.56 Å². The first kappa shape index (κ1) is 14.6. The number of fused-ring (bicyclic) bond motifs is 4. The minimum atomic E-state index is -1.36. The Morgan fingerprint density at radius 3 is 2.60 bits per heavy atom. The average molecular weight is 354 g/mol. The van der Waals surface area contributed by atoms with Crippen LogP contribution in [0.4, 0.5) is 5.69 Å². The van der Waals surface area contributed by atoms with Gasteiger partial charge >= 0.3 is 11.8 Å². The van der Waals surface area contributed by atoms with E-state index >= 15 is 0 Å². The van der Waals surface area contributed by atoms with Crippen molar-refractivity contribution in [3.63, 3.8) is 0 Å². The van der Waals surface area contributed by atoms with Gasteiger partial charge in [0.15, 0.2) is 0 Å². The number of amides is 2. The summed E-state index contributed by atoms with van der Waals surface area (Å²) in [7, 11) is 1.54. The monoisotopic (exact) mass is 353 g/mol. The Morgan fingerprint density at radius 1 is 1.08 bits per heavy atom. The Bertz CT molecular complexity index is 977. The van der Waals surface area contributed by atoms with Crippen LogP contribution in [-0.4, -0.2) is 35.8 Å². The number of hydrogen-bond donors (Lipinski definition) is 0. The lowest BCUT2D eigenvalue weighted by molar-refractivity contribution is -0.157. The second-order valence-corrected chi connectivity index (χ2v) is 6.63. The number of nitrogens with zero attached hydrogens (tertiary/aromatic N) is 3. The number of carbonyl (C=O) groups is 2. The van der Waals surface area contributed by atoms with E-state index < -0.39 is 23.4 Å². The maximum atomic E-state index is 12.6. The summed E-state index contributed by atoms with van der Waals surface area (Å²) in [5.74, 6) is -2.65. The van der Waals surface area contributed by atoms with Crippen LogP contribution in [0, 0.1) is 0 Å². The molecule has 0 unspecified atom stereocenters. The third kappa shape index (κ3) is 1.56. The Labute approximate surface area is 148 Å². The second kappa shape index (κ2) is 4.47. The van der Waals surface area contributed by atoms with E-state index in [4.69, 9.17) is 16.3 Å². The standard InChI is InChI=1S/C18H12ClN3O3/c1-21-15(23)16(24)22-14-8-7-12(19)9-13(14)18(11-5-3-2-4-6-11)20-10-17(21,22)25-18/h2-10H,1H3/t17-,18+/m1/s1. The third-order valence-corrected chi connectivity index (χ3v) is 5.17. The van der Waals surface area contributed by atoms with Crippen LogP contribution in [0.5, 0.6) is 0 Å². The van der Waals surface area contributed by atoms with Crippen LogP contribution in [-0.2, 0) is 20.1 Å². The fraction of sp³-hybridized carbons (Fsp3) is 0.167. The first-order valence-electron chi connectivity index (χ1n) is 7.74. The molecule has 6 nitrogen and oxygen atoms in total. The summed E-state index contributed by atoms with van der Waals surface area (Å²) in [6, 6.07) is 14.6. The number of ether oxygens (including phenoxy) is 1. The molecule has 1 spiro atoms. The fourth-order valence-corrected chi connectivity index (χ4v) is 3.89. The van der Waals surface area contributed by atoms with Gasteiger partial charge in [-0.05, 0) is 18.2 Å². The highest BCUT2D eigenvalue weighted by Crippen LogP contribution is 2.55. The minimum Gasteiger partial charge on any atom is -0.295 e. The van der Waals surface area contributed by atoms with Crippen LogP contribution in [0.3, 0.4) is 0 Å². The molecule has 0 aliphatic carbocycles. The van der Waals surface area contributed by atoms with Crippen molar-refractivity contribution >= 4 is 35.3 Å². The molecule has 0 saturated carbocycles. The fourth-order valence-electron chi connectivity index (χ4n) is 3.72. The van der Waals surface area contributed by atoms with Gasteiger partial charge in [-0.1, -0.05) is 41.9 Å². The summed E-state index contributed by atoms with van der Waals surface area (Å²) >= 11 is 6.21. The molecule has 3 aliphatic rings. The normalized spacial score (nSPS) is 29.2. The number of benzene rings is 2. The number of hydrogen-bond acceptors (Lipinski definition) is 4. The van der Waals surface area contributed by atoms with Gasteiger partial charge in [-0.3, -0.25) is 24.1 Å². The molecule has 2 bridgehead atoms. The summed E-state index contributed by atoms with van der Waals surface area (Å²) in [5, 5.41) is 0.499. The van der Waals surface area contributed by atoms with Crippen molar-refractivity contribution in [1.82, 2.24) is 4.90 Å². The summed E-state index contributed by atoms with van der Waals surface area (Å²) < 4.78 is 6.35. The zero-order valence-electron chi connectivity index (χ0n) is 13.1. The van der Waals surface area contributed by atoms with Gasteiger partial charge in [-0.25, -0.2) is 4.99 Å². The Hall–Kier alpha value is -2.70. The maximum Gasteiger partial charge on any atom is 0.320 e. The zero-order chi connectivity index (χ0) is 17.4. The molecular weight excluding hydrogens is 342 g/mol. The summed E-state index contributed by atoms with van der Waals surface area (Å²) in [6.45, 7) is 0. The minimum absolute atomic E-state index is 0.499. The largest absolute Gasteiger partial charge is 0.320 e. The molecule has 25 heavy (non-hydrogen) atoms. The van der Waals surface area contributed by atoms with Crippen LogP contribution in [0.15, 0.2) is 53.5 Å². The van der Waals surface area contributed by atoms with Gasteiger partial charge < -0.3 is 0 Å². The first-order valence-corrected chi connectivity index (χ1v) is 8.12. The van der Waals surface area contributed by atoms with Gasteiger partial charge in [0, 0.05) is 23.2 Å². The number of halogens is 1. The third-order valence-electron chi connectivity index (χ3n) is 4.93. The quantitative estimate of drug-likeness (QED) is 0.738.